The minimum Gasteiger partial charge on any atom is -0.370 e. The minimum atomic E-state index is 0.199. The molecule has 0 bridgehead atoms. The predicted molar refractivity (Wildman–Crippen MR) is 58.5 cm³/mol. The minimum absolute atomic E-state index is 0.199. The van der Waals surface area contributed by atoms with Gasteiger partial charge in [0.1, 0.15) is 0 Å². The molecular formula is C10H23N3. The highest BCUT2D eigenvalue weighted by Crippen LogP contribution is 2.17. The predicted octanol–water partition coefficient (Wildman–Crippen LogP) is 1.72. The zero-order chi connectivity index (χ0) is 10.4. The van der Waals surface area contributed by atoms with Gasteiger partial charge in [-0.1, -0.05) is 20.8 Å². The molecule has 0 radical (unpaired) electrons. The summed E-state index contributed by atoms with van der Waals surface area (Å²) in [6.45, 7) is 8.81. The molecule has 0 amide bonds. The number of nitrogens with two attached hydrogens (primary N) is 2. The Morgan fingerprint density at radius 1 is 1.08 bits per heavy atom. The van der Waals surface area contributed by atoms with Gasteiger partial charge in [-0.25, -0.2) is 0 Å². The van der Waals surface area contributed by atoms with Gasteiger partial charge < -0.3 is 11.5 Å². The van der Waals surface area contributed by atoms with Crippen LogP contribution in [0.4, 0.5) is 0 Å². The number of aliphatic imine (C=N–C) groups is 1. The molecule has 78 valence electrons. The van der Waals surface area contributed by atoms with Crippen LogP contribution in [0.15, 0.2) is 4.99 Å². The van der Waals surface area contributed by atoms with E-state index >= 15 is 0 Å². The Labute approximate surface area is 81.6 Å². The molecule has 2 atom stereocenters. The molecule has 3 heteroatoms. The molecule has 0 fully saturated rings. The van der Waals surface area contributed by atoms with Gasteiger partial charge in [0.05, 0.1) is 6.04 Å². The van der Waals surface area contributed by atoms with Crippen LogP contribution in [-0.4, -0.2) is 12.0 Å². The van der Waals surface area contributed by atoms with Crippen molar-refractivity contribution in [2.75, 3.05) is 0 Å². The molecule has 0 spiro atoms. The van der Waals surface area contributed by atoms with Crippen molar-refractivity contribution in [3.05, 3.63) is 0 Å². The van der Waals surface area contributed by atoms with Crippen molar-refractivity contribution in [3.8, 4) is 0 Å². The third kappa shape index (κ3) is 6.43. The third-order valence-electron chi connectivity index (χ3n) is 2.55. The third-order valence-corrected chi connectivity index (χ3v) is 2.55. The van der Waals surface area contributed by atoms with Crippen LogP contribution >= 0.6 is 0 Å². The van der Waals surface area contributed by atoms with E-state index in [9.17, 15) is 0 Å². The van der Waals surface area contributed by atoms with Gasteiger partial charge in [-0.3, -0.25) is 4.99 Å². The molecular weight excluding hydrogens is 162 g/mol. The summed E-state index contributed by atoms with van der Waals surface area (Å²) < 4.78 is 0. The van der Waals surface area contributed by atoms with Gasteiger partial charge in [-0.05, 0) is 31.6 Å². The van der Waals surface area contributed by atoms with E-state index in [1.54, 1.807) is 0 Å². The average Bonchev–Trinajstić information content (AvgIpc) is 1.98. The van der Waals surface area contributed by atoms with Gasteiger partial charge in [0.2, 0.25) is 0 Å². The zero-order valence-corrected chi connectivity index (χ0v) is 9.25. The van der Waals surface area contributed by atoms with Crippen LogP contribution in [0.25, 0.3) is 0 Å². The maximum absolute atomic E-state index is 5.29. The molecule has 0 aromatic rings. The molecule has 0 heterocycles. The second kappa shape index (κ2) is 5.84. The molecule has 0 aromatic heterocycles. The van der Waals surface area contributed by atoms with E-state index in [1.165, 1.54) is 6.42 Å². The summed E-state index contributed by atoms with van der Waals surface area (Å²) in [7, 11) is 0. The fraction of sp³-hybridized carbons (Fsp3) is 0.900. The average molecular weight is 185 g/mol. The highest BCUT2D eigenvalue weighted by molar-refractivity contribution is 5.75. The highest BCUT2D eigenvalue weighted by Gasteiger charge is 2.08. The Balaban J connectivity index is 3.70. The molecule has 0 aromatic carbocycles. The van der Waals surface area contributed by atoms with Crippen molar-refractivity contribution in [1.29, 1.82) is 0 Å². The summed E-state index contributed by atoms with van der Waals surface area (Å²) in [5.41, 5.74) is 10.6. The molecule has 0 aliphatic rings. The van der Waals surface area contributed by atoms with Gasteiger partial charge in [-0.2, -0.15) is 0 Å². The molecule has 13 heavy (non-hydrogen) atoms. The maximum Gasteiger partial charge on any atom is 0.186 e. The summed E-state index contributed by atoms with van der Waals surface area (Å²) in [6, 6.07) is 0.256. The van der Waals surface area contributed by atoms with Crippen molar-refractivity contribution in [2.24, 2.45) is 28.3 Å². The lowest BCUT2D eigenvalue weighted by Gasteiger charge is -2.16. The van der Waals surface area contributed by atoms with Crippen LogP contribution < -0.4 is 11.5 Å². The summed E-state index contributed by atoms with van der Waals surface area (Å²) in [5, 5.41) is 0. The normalized spacial score (nSPS) is 15.5. The van der Waals surface area contributed by atoms with E-state index in [0.29, 0.717) is 0 Å². The van der Waals surface area contributed by atoms with E-state index < -0.39 is 0 Å². The summed E-state index contributed by atoms with van der Waals surface area (Å²) >= 11 is 0. The Morgan fingerprint density at radius 2 is 1.62 bits per heavy atom. The molecule has 0 saturated heterocycles. The summed E-state index contributed by atoms with van der Waals surface area (Å²) in [6.07, 6.45) is 2.26. The first-order valence-corrected chi connectivity index (χ1v) is 5.02. The van der Waals surface area contributed by atoms with Gasteiger partial charge in [0.15, 0.2) is 5.96 Å². The van der Waals surface area contributed by atoms with Gasteiger partial charge >= 0.3 is 0 Å². The fourth-order valence-corrected chi connectivity index (χ4v) is 1.16. The quantitative estimate of drug-likeness (QED) is 0.506. The standard InChI is InChI=1S/C10H23N3/c1-7(2)8(3)5-6-9(4)13-10(11)12/h7-9H,5-6H2,1-4H3,(H4,11,12,13). The monoisotopic (exact) mass is 185 g/mol. The largest absolute Gasteiger partial charge is 0.370 e. The number of nitrogens with zero attached hydrogens (tertiary/aromatic N) is 1. The molecule has 0 rings (SSSR count). The Kier molecular flexibility index (Phi) is 5.51. The first-order valence-electron chi connectivity index (χ1n) is 5.02. The summed E-state index contributed by atoms with van der Waals surface area (Å²) in [4.78, 5) is 4.08. The second-order valence-corrected chi connectivity index (χ2v) is 4.20. The topological polar surface area (TPSA) is 64.4 Å². The molecule has 2 unspecified atom stereocenters. The van der Waals surface area contributed by atoms with Crippen LogP contribution in [0.2, 0.25) is 0 Å². The lowest BCUT2D eigenvalue weighted by atomic mass is 9.92. The first kappa shape index (κ1) is 12.3. The fourth-order valence-electron chi connectivity index (χ4n) is 1.16. The van der Waals surface area contributed by atoms with Gasteiger partial charge in [0, 0.05) is 0 Å². The van der Waals surface area contributed by atoms with Crippen molar-refractivity contribution in [1.82, 2.24) is 0 Å². The molecule has 4 N–H and O–H groups in total. The van der Waals surface area contributed by atoms with Crippen LogP contribution in [-0.2, 0) is 0 Å². The molecule has 3 nitrogen and oxygen atoms in total. The van der Waals surface area contributed by atoms with Crippen molar-refractivity contribution >= 4 is 5.96 Å². The Morgan fingerprint density at radius 3 is 2.00 bits per heavy atom. The van der Waals surface area contributed by atoms with E-state index in [4.69, 9.17) is 11.5 Å². The smallest absolute Gasteiger partial charge is 0.186 e. The Bertz CT molecular complexity index is 160. The molecule has 0 aliphatic carbocycles. The van der Waals surface area contributed by atoms with Gasteiger partial charge in [-0.15, -0.1) is 0 Å². The van der Waals surface area contributed by atoms with E-state index in [2.05, 4.69) is 25.8 Å². The van der Waals surface area contributed by atoms with E-state index in [-0.39, 0.29) is 12.0 Å². The first-order chi connectivity index (χ1) is 5.93. The van der Waals surface area contributed by atoms with E-state index in [1.807, 2.05) is 6.92 Å². The number of hydrogen-bond donors (Lipinski definition) is 2. The zero-order valence-electron chi connectivity index (χ0n) is 9.25. The molecule has 0 aliphatic heterocycles. The van der Waals surface area contributed by atoms with Crippen LogP contribution in [0.5, 0.6) is 0 Å². The molecule has 0 saturated carbocycles. The van der Waals surface area contributed by atoms with Crippen molar-refractivity contribution in [3.63, 3.8) is 0 Å². The maximum atomic E-state index is 5.29. The lowest BCUT2D eigenvalue weighted by Crippen LogP contribution is -2.25. The SMILES string of the molecule is CC(CCC(C)C(C)C)N=C(N)N. The Hall–Kier alpha value is -0.730. The number of guanidine groups is 1. The van der Waals surface area contributed by atoms with Crippen LogP contribution in [0.1, 0.15) is 40.5 Å². The van der Waals surface area contributed by atoms with Crippen molar-refractivity contribution in [2.45, 2.75) is 46.6 Å². The second-order valence-electron chi connectivity index (χ2n) is 4.20. The lowest BCUT2D eigenvalue weighted by molar-refractivity contribution is 0.372. The number of rotatable bonds is 5. The van der Waals surface area contributed by atoms with Crippen molar-refractivity contribution < 1.29 is 0 Å². The van der Waals surface area contributed by atoms with Crippen LogP contribution in [0, 0.1) is 11.8 Å². The number of hydrogen-bond acceptors (Lipinski definition) is 1. The summed E-state index contributed by atoms with van der Waals surface area (Å²) in [5.74, 6) is 1.69. The van der Waals surface area contributed by atoms with E-state index in [0.717, 1.165) is 18.3 Å². The van der Waals surface area contributed by atoms with Crippen LogP contribution in [0.3, 0.4) is 0 Å². The van der Waals surface area contributed by atoms with Gasteiger partial charge in [0.25, 0.3) is 0 Å². The highest BCUT2D eigenvalue weighted by atomic mass is 15.0.